The lowest BCUT2D eigenvalue weighted by Crippen LogP contribution is -2.33. The molecule has 0 amide bonds. The van der Waals surface area contributed by atoms with Gasteiger partial charge in [-0.2, -0.15) is 0 Å². The van der Waals surface area contributed by atoms with Gasteiger partial charge in [0, 0.05) is 56.4 Å². The first-order valence-corrected chi connectivity index (χ1v) is 18.9. The first-order valence-electron chi connectivity index (χ1n) is 18.9. The molecule has 1 aliphatic heterocycles. The maximum absolute atomic E-state index is 5.13. The fourth-order valence-corrected chi connectivity index (χ4v) is 8.26. The van der Waals surface area contributed by atoms with Crippen LogP contribution in [0.5, 0.6) is 0 Å². The van der Waals surface area contributed by atoms with Crippen LogP contribution in [-0.4, -0.2) is 25.8 Å². The number of nitrogens with one attached hydrogen (secondary N) is 1. The maximum Gasteiger partial charge on any atom is 0.159 e. The number of aliphatic imine (C=N–C) groups is 2. The van der Waals surface area contributed by atoms with E-state index in [1.54, 1.807) is 12.4 Å². The minimum absolute atomic E-state index is 0.301. The third-order valence-corrected chi connectivity index (χ3v) is 10.9. The number of hydrogen-bond donors (Lipinski definition) is 1. The van der Waals surface area contributed by atoms with Crippen molar-refractivity contribution in [1.29, 1.82) is 0 Å². The molecule has 0 bridgehead atoms. The normalized spacial score (nSPS) is 14.2. The van der Waals surface area contributed by atoms with Crippen molar-refractivity contribution in [3.8, 4) is 22.5 Å². The summed E-state index contributed by atoms with van der Waals surface area (Å²) >= 11 is 0. The second-order valence-corrected chi connectivity index (χ2v) is 14.2. The summed E-state index contributed by atoms with van der Waals surface area (Å²) in [5.74, 6) is 1.47. The Hall–Kier alpha value is -7.57. The molecule has 6 nitrogen and oxygen atoms in total. The molecule has 1 N–H and O–H groups in total. The van der Waals surface area contributed by atoms with E-state index < -0.39 is 0 Å². The molecule has 0 saturated heterocycles. The van der Waals surface area contributed by atoms with Gasteiger partial charge in [0.2, 0.25) is 0 Å². The number of fused-ring (bicyclic) bond motifs is 6. The van der Waals surface area contributed by atoms with Gasteiger partial charge in [0.05, 0.1) is 22.1 Å². The minimum atomic E-state index is -0.301. The smallest absolute Gasteiger partial charge is 0.159 e. The van der Waals surface area contributed by atoms with Crippen molar-refractivity contribution in [3.63, 3.8) is 0 Å². The van der Waals surface area contributed by atoms with E-state index in [1.165, 1.54) is 43.7 Å². The molecule has 6 heteroatoms. The third-order valence-electron chi connectivity index (χ3n) is 10.9. The molecule has 11 rings (SSSR count). The average molecular weight is 719 g/mol. The maximum atomic E-state index is 5.13. The Kier molecular flexibility index (Phi) is 7.45. The molecule has 0 aliphatic carbocycles. The number of benzene rings is 7. The molecule has 0 radical (unpaired) electrons. The Labute approximate surface area is 323 Å². The minimum Gasteiger partial charge on any atom is -0.344 e. The lowest BCUT2D eigenvalue weighted by molar-refractivity contribution is 0.673. The third kappa shape index (κ3) is 5.30. The zero-order chi connectivity index (χ0) is 37.0. The molecular formula is C50H34N6. The second-order valence-electron chi connectivity index (χ2n) is 14.2. The van der Waals surface area contributed by atoms with E-state index in [1.807, 2.05) is 30.3 Å². The lowest BCUT2D eigenvalue weighted by Gasteiger charge is -2.23. The van der Waals surface area contributed by atoms with Crippen LogP contribution in [0.1, 0.15) is 22.9 Å². The fourth-order valence-electron chi connectivity index (χ4n) is 8.26. The molecule has 3 aromatic heterocycles. The van der Waals surface area contributed by atoms with Gasteiger partial charge in [-0.1, -0.05) is 109 Å². The van der Waals surface area contributed by atoms with Crippen LogP contribution in [0.4, 0.5) is 0 Å². The summed E-state index contributed by atoms with van der Waals surface area (Å²) in [6.45, 7) is 0. The molecule has 1 aliphatic rings. The summed E-state index contributed by atoms with van der Waals surface area (Å²) in [6.07, 6.45) is 3.30. The van der Waals surface area contributed by atoms with Gasteiger partial charge in [-0.3, -0.25) is 4.98 Å². The van der Waals surface area contributed by atoms with Crippen molar-refractivity contribution in [1.82, 2.24) is 19.4 Å². The van der Waals surface area contributed by atoms with Crippen molar-refractivity contribution in [2.75, 3.05) is 0 Å². The monoisotopic (exact) mass is 718 g/mol. The highest BCUT2D eigenvalue weighted by atomic mass is 15.2. The topological polar surface area (TPSA) is 59.5 Å². The van der Waals surface area contributed by atoms with Gasteiger partial charge >= 0.3 is 0 Å². The van der Waals surface area contributed by atoms with E-state index in [0.29, 0.717) is 5.84 Å². The predicted molar refractivity (Wildman–Crippen MR) is 230 cm³/mol. The van der Waals surface area contributed by atoms with Gasteiger partial charge in [-0.15, -0.1) is 0 Å². The Morgan fingerprint density at radius 2 is 0.946 bits per heavy atom. The highest BCUT2D eigenvalue weighted by molar-refractivity contribution is 6.14. The van der Waals surface area contributed by atoms with Crippen molar-refractivity contribution >= 4 is 55.3 Å². The quantitative estimate of drug-likeness (QED) is 0.186. The van der Waals surface area contributed by atoms with E-state index in [-0.39, 0.29) is 6.17 Å². The van der Waals surface area contributed by atoms with Crippen molar-refractivity contribution in [3.05, 3.63) is 211 Å². The van der Waals surface area contributed by atoms with Gasteiger partial charge in [-0.05, 0) is 89.5 Å². The number of amidine groups is 2. The zero-order valence-electron chi connectivity index (χ0n) is 30.3. The molecule has 10 aromatic rings. The van der Waals surface area contributed by atoms with Crippen LogP contribution in [0, 0.1) is 0 Å². The number of hydrogen-bond acceptors (Lipinski definition) is 4. The highest BCUT2D eigenvalue weighted by Gasteiger charge is 2.22. The van der Waals surface area contributed by atoms with Crippen molar-refractivity contribution < 1.29 is 0 Å². The summed E-state index contributed by atoms with van der Waals surface area (Å²) in [5, 5.41) is 8.45. The summed E-state index contributed by atoms with van der Waals surface area (Å²) in [6, 6.07) is 64.5. The van der Waals surface area contributed by atoms with Gasteiger partial charge in [0.15, 0.2) is 5.84 Å². The first-order chi connectivity index (χ1) is 27.8. The molecule has 7 aromatic carbocycles. The van der Waals surface area contributed by atoms with Crippen LogP contribution >= 0.6 is 0 Å². The SMILES string of the molecule is c1ccc(C2=NC(c3cccc(-n4c5ccccc5c5cc(-c6ccc7c(c6)c6ccccc6n7-c6ccccc6)ccc54)c3)=NC(c3ccncc3)N2)cc1. The number of para-hydroxylation sites is 3. The zero-order valence-corrected chi connectivity index (χ0v) is 30.3. The Bertz CT molecular complexity index is 3160. The van der Waals surface area contributed by atoms with Gasteiger partial charge in [0.1, 0.15) is 12.0 Å². The van der Waals surface area contributed by atoms with Crippen LogP contribution in [0.15, 0.2) is 204 Å². The predicted octanol–water partition coefficient (Wildman–Crippen LogP) is 11.4. The highest BCUT2D eigenvalue weighted by Crippen LogP contribution is 2.38. The van der Waals surface area contributed by atoms with E-state index in [4.69, 9.17) is 9.98 Å². The summed E-state index contributed by atoms with van der Waals surface area (Å²) < 4.78 is 4.72. The molecule has 0 fully saturated rings. The number of pyridine rings is 1. The fraction of sp³-hybridized carbons (Fsp3) is 0.0200. The van der Waals surface area contributed by atoms with Crippen LogP contribution in [-0.2, 0) is 0 Å². The largest absolute Gasteiger partial charge is 0.344 e. The van der Waals surface area contributed by atoms with Gasteiger partial charge < -0.3 is 14.5 Å². The number of aromatic nitrogens is 3. The molecule has 0 saturated carbocycles. The molecule has 0 spiro atoms. The number of rotatable bonds is 6. The van der Waals surface area contributed by atoms with E-state index in [0.717, 1.165) is 44.9 Å². The molecular weight excluding hydrogens is 685 g/mol. The van der Waals surface area contributed by atoms with Crippen LogP contribution in [0.2, 0.25) is 0 Å². The van der Waals surface area contributed by atoms with Crippen LogP contribution in [0.25, 0.3) is 66.1 Å². The number of nitrogens with zero attached hydrogens (tertiary/aromatic N) is 5. The van der Waals surface area contributed by atoms with Crippen molar-refractivity contribution in [2.45, 2.75) is 6.17 Å². The summed E-state index contributed by atoms with van der Waals surface area (Å²) in [4.78, 5) is 14.4. The average Bonchev–Trinajstić information content (AvgIpc) is 3.79. The summed E-state index contributed by atoms with van der Waals surface area (Å²) in [5.41, 5.74) is 12.3. The second kappa shape index (κ2) is 13.1. The Morgan fingerprint density at radius 3 is 1.61 bits per heavy atom. The molecule has 4 heterocycles. The molecule has 1 atom stereocenters. The van der Waals surface area contributed by atoms with E-state index >= 15 is 0 Å². The summed E-state index contributed by atoms with van der Waals surface area (Å²) in [7, 11) is 0. The van der Waals surface area contributed by atoms with E-state index in [2.05, 4.69) is 171 Å². The van der Waals surface area contributed by atoms with Crippen molar-refractivity contribution in [2.24, 2.45) is 9.98 Å². The Balaban J connectivity index is 1.03. The molecule has 56 heavy (non-hydrogen) atoms. The van der Waals surface area contributed by atoms with Gasteiger partial charge in [-0.25, -0.2) is 9.98 Å². The van der Waals surface area contributed by atoms with Crippen LogP contribution in [0.3, 0.4) is 0 Å². The van der Waals surface area contributed by atoms with Crippen LogP contribution < -0.4 is 5.32 Å². The molecule has 1 unspecified atom stereocenters. The first kappa shape index (κ1) is 31.9. The van der Waals surface area contributed by atoms with Gasteiger partial charge in [0.25, 0.3) is 0 Å². The Morgan fingerprint density at radius 1 is 0.411 bits per heavy atom. The molecule has 264 valence electrons. The standard InChI is InChI=1S/C50H34N6/c1-3-12-33(13-4-1)48-52-49(34-26-28-51-29-27-34)54-50(53-48)37-14-11-17-39(30-37)56-45-21-10-8-19-41(45)43-32-36(23-25-47(43)56)35-22-24-46-42(31-35)40-18-7-9-20-44(40)55(46)38-15-5-2-6-16-38/h1-32,49H,(H,52,53,54). The van der Waals surface area contributed by atoms with E-state index in [9.17, 15) is 0 Å². The lowest BCUT2D eigenvalue weighted by atomic mass is 10.0.